The lowest BCUT2D eigenvalue weighted by Gasteiger charge is -2.39. The van der Waals surface area contributed by atoms with Gasteiger partial charge in [-0.05, 0) is 19.3 Å². The van der Waals surface area contributed by atoms with Crippen LogP contribution in [0.4, 0.5) is 0 Å². The molecule has 3 unspecified atom stereocenters. The molecular weight excluding hydrogens is 441 g/mol. The first-order chi connectivity index (χ1) is 14.9. The molecule has 1 heterocycles. The van der Waals surface area contributed by atoms with E-state index < -0.39 is 44.7 Å². The van der Waals surface area contributed by atoms with Gasteiger partial charge in [-0.1, -0.05) is 33.6 Å². The van der Waals surface area contributed by atoms with Gasteiger partial charge in [0, 0.05) is 24.8 Å². The Kier molecular flexibility index (Phi) is 12.9. The summed E-state index contributed by atoms with van der Waals surface area (Å²) in [6.45, 7) is 8.07. The maximum absolute atomic E-state index is 12.4. The summed E-state index contributed by atoms with van der Waals surface area (Å²) in [6, 6.07) is 0. The third-order valence-corrected chi connectivity index (χ3v) is 8.74. The van der Waals surface area contributed by atoms with Crippen LogP contribution in [0.1, 0.15) is 59.3 Å². The molecule has 0 saturated carbocycles. The number of hydrogen-bond acceptors (Lipinski definition) is 9. The molecule has 1 saturated heterocycles. The first-order valence-electron chi connectivity index (χ1n) is 11.3. The summed E-state index contributed by atoms with van der Waals surface area (Å²) in [6.07, 6.45) is -2.36. The van der Waals surface area contributed by atoms with E-state index in [1.165, 1.54) is 0 Å². The first-order valence-corrected chi connectivity index (χ1v) is 13.4. The standard InChI is InChI=1S/C21H42NO9P/c1-21(2,3)32(4,28)30-13-8-6-5-7-11-22-16(24)10-9-12-29-20-19(27)18(26)17(25)15(14-23)31-20/h15,17-20,23,25-27H,5-14H2,1-4H3,(H,22,24)/t15?,17-,18+,19?,20-,32?/m1/s1. The molecule has 0 bridgehead atoms. The molecule has 1 fully saturated rings. The van der Waals surface area contributed by atoms with Crippen molar-refractivity contribution in [2.75, 3.05) is 33.0 Å². The van der Waals surface area contributed by atoms with E-state index in [0.29, 0.717) is 19.6 Å². The van der Waals surface area contributed by atoms with Gasteiger partial charge >= 0.3 is 0 Å². The molecule has 0 aliphatic carbocycles. The van der Waals surface area contributed by atoms with Gasteiger partial charge in [0.15, 0.2) is 6.29 Å². The van der Waals surface area contributed by atoms with E-state index in [9.17, 15) is 24.7 Å². The number of amides is 1. The van der Waals surface area contributed by atoms with Crippen molar-refractivity contribution >= 4 is 13.3 Å². The molecule has 0 aromatic carbocycles. The normalized spacial score (nSPS) is 28.3. The molecule has 1 aliphatic heterocycles. The summed E-state index contributed by atoms with van der Waals surface area (Å²) in [5.74, 6) is -0.108. The Morgan fingerprint density at radius 2 is 1.66 bits per heavy atom. The number of aliphatic hydroxyl groups excluding tert-OH is 4. The summed E-state index contributed by atoms with van der Waals surface area (Å²) in [5, 5.41) is 41.0. The minimum Gasteiger partial charge on any atom is -0.394 e. The quantitative estimate of drug-likeness (QED) is 0.180. The molecule has 190 valence electrons. The van der Waals surface area contributed by atoms with Crippen molar-refractivity contribution in [2.24, 2.45) is 0 Å². The van der Waals surface area contributed by atoms with Crippen LogP contribution in [0.5, 0.6) is 0 Å². The van der Waals surface area contributed by atoms with E-state index in [2.05, 4.69) is 5.32 Å². The molecule has 0 spiro atoms. The zero-order chi connectivity index (χ0) is 24.4. The second-order valence-electron chi connectivity index (χ2n) is 9.29. The number of unbranched alkanes of at least 4 members (excludes halogenated alkanes) is 3. The lowest BCUT2D eigenvalue weighted by Crippen LogP contribution is -2.59. The third-order valence-electron chi connectivity index (χ3n) is 5.63. The van der Waals surface area contributed by atoms with Crippen molar-refractivity contribution in [2.45, 2.75) is 95.2 Å². The number of ether oxygens (including phenoxy) is 2. The predicted molar refractivity (Wildman–Crippen MR) is 120 cm³/mol. The molecule has 0 aromatic heterocycles. The zero-order valence-electron chi connectivity index (χ0n) is 19.7. The highest BCUT2D eigenvalue weighted by Gasteiger charge is 2.43. The largest absolute Gasteiger partial charge is 0.394 e. The monoisotopic (exact) mass is 483 g/mol. The number of rotatable bonds is 14. The maximum Gasteiger partial charge on any atom is 0.220 e. The zero-order valence-corrected chi connectivity index (χ0v) is 20.6. The van der Waals surface area contributed by atoms with Crippen molar-refractivity contribution in [3.05, 3.63) is 0 Å². The fourth-order valence-electron chi connectivity index (χ4n) is 2.97. The van der Waals surface area contributed by atoms with Gasteiger partial charge in [-0.25, -0.2) is 0 Å². The van der Waals surface area contributed by atoms with Crippen LogP contribution in [0.2, 0.25) is 0 Å². The molecule has 10 nitrogen and oxygen atoms in total. The van der Waals surface area contributed by atoms with E-state index in [1.807, 2.05) is 20.8 Å². The molecule has 1 amide bonds. The smallest absolute Gasteiger partial charge is 0.220 e. The lowest BCUT2D eigenvalue weighted by molar-refractivity contribution is -0.301. The first kappa shape index (κ1) is 29.5. The van der Waals surface area contributed by atoms with Crippen LogP contribution in [-0.4, -0.2) is 95.2 Å². The third kappa shape index (κ3) is 9.73. The van der Waals surface area contributed by atoms with E-state index in [0.717, 1.165) is 25.7 Å². The Hall–Kier alpha value is -0.580. The molecule has 32 heavy (non-hydrogen) atoms. The van der Waals surface area contributed by atoms with Crippen molar-refractivity contribution in [1.29, 1.82) is 0 Å². The number of nitrogens with one attached hydrogen (secondary N) is 1. The van der Waals surface area contributed by atoms with Crippen LogP contribution in [0.25, 0.3) is 0 Å². The van der Waals surface area contributed by atoms with Gasteiger partial charge in [0.05, 0.1) is 19.8 Å². The van der Waals surface area contributed by atoms with Crippen LogP contribution >= 0.6 is 7.37 Å². The van der Waals surface area contributed by atoms with E-state index in [1.54, 1.807) is 6.66 Å². The van der Waals surface area contributed by atoms with Crippen LogP contribution in [0.3, 0.4) is 0 Å². The SMILES string of the molecule is CC(C)(C)P(C)(=O)OCCCCCCNC(=O)CCCO[C@@H]1OC(CO)[C@@H](O)[C@H](O)C1O. The average Bonchev–Trinajstić information content (AvgIpc) is 2.71. The molecule has 0 aromatic rings. The van der Waals surface area contributed by atoms with Crippen molar-refractivity contribution in [3.8, 4) is 0 Å². The van der Waals surface area contributed by atoms with Gasteiger partial charge in [-0.3, -0.25) is 9.36 Å². The highest BCUT2D eigenvalue weighted by Crippen LogP contribution is 2.55. The summed E-state index contributed by atoms with van der Waals surface area (Å²) in [5.41, 5.74) is 0. The van der Waals surface area contributed by atoms with E-state index in [-0.39, 0.29) is 24.1 Å². The van der Waals surface area contributed by atoms with Gasteiger partial charge in [-0.15, -0.1) is 0 Å². The Balaban J connectivity index is 2.06. The van der Waals surface area contributed by atoms with Gasteiger partial charge in [-0.2, -0.15) is 0 Å². The predicted octanol–water partition coefficient (Wildman–Crippen LogP) is 0.983. The van der Waals surface area contributed by atoms with Crippen molar-refractivity contribution < 1.29 is 43.8 Å². The highest BCUT2D eigenvalue weighted by atomic mass is 31.2. The average molecular weight is 484 g/mol. The van der Waals surface area contributed by atoms with Crippen molar-refractivity contribution in [1.82, 2.24) is 5.32 Å². The number of carbonyl (C=O) groups is 1. The van der Waals surface area contributed by atoms with E-state index in [4.69, 9.17) is 19.1 Å². The minimum atomic E-state index is -2.61. The topological polar surface area (TPSA) is 155 Å². The second-order valence-corrected chi connectivity index (χ2v) is 12.6. The van der Waals surface area contributed by atoms with Crippen LogP contribution in [0, 0.1) is 0 Å². The maximum atomic E-state index is 12.4. The van der Waals surface area contributed by atoms with Gasteiger partial charge in [0.1, 0.15) is 24.4 Å². The molecule has 1 aliphatic rings. The highest BCUT2D eigenvalue weighted by molar-refractivity contribution is 7.59. The number of carbonyl (C=O) groups excluding carboxylic acids is 1. The molecule has 1 rings (SSSR count). The van der Waals surface area contributed by atoms with Crippen molar-refractivity contribution in [3.63, 3.8) is 0 Å². The van der Waals surface area contributed by atoms with Gasteiger partial charge in [0.25, 0.3) is 0 Å². The summed E-state index contributed by atoms with van der Waals surface area (Å²) in [4.78, 5) is 11.9. The molecule has 5 N–H and O–H groups in total. The summed E-state index contributed by atoms with van der Waals surface area (Å²) in [7, 11) is -2.61. The Morgan fingerprint density at radius 3 is 2.28 bits per heavy atom. The number of aliphatic hydroxyl groups is 4. The molecule has 6 atom stereocenters. The van der Waals surface area contributed by atoms with Crippen LogP contribution < -0.4 is 5.32 Å². The summed E-state index contributed by atoms with van der Waals surface area (Å²) >= 11 is 0. The van der Waals surface area contributed by atoms with Gasteiger partial charge < -0.3 is 39.7 Å². The fourth-order valence-corrected chi connectivity index (χ4v) is 3.83. The molecular formula is C21H42NO9P. The number of hydrogen-bond donors (Lipinski definition) is 5. The summed E-state index contributed by atoms with van der Waals surface area (Å²) < 4.78 is 28.6. The van der Waals surface area contributed by atoms with E-state index >= 15 is 0 Å². The fraction of sp³-hybridized carbons (Fsp3) is 0.952. The second kappa shape index (κ2) is 14.0. The van der Waals surface area contributed by atoms with Gasteiger partial charge in [0.2, 0.25) is 13.3 Å². The minimum absolute atomic E-state index is 0.108. The molecule has 11 heteroatoms. The Labute approximate surface area is 191 Å². The lowest BCUT2D eigenvalue weighted by atomic mass is 9.99. The molecule has 0 radical (unpaired) electrons. The van der Waals surface area contributed by atoms with Crippen LogP contribution in [0.15, 0.2) is 0 Å². The Morgan fingerprint density at radius 1 is 1.00 bits per heavy atom. The Bertz CT molecular complexity index is 596. The van der Waals surface area contributed by atoms with Crippen LogP contribution in [-0.2, 0) is 23.4 Å².